The molecule has 4 aromatic rings. The van der Waals surface area contributed by atoms with Gasteiger partial charge in [-0.1, -0.05) is 19.9 Å². The van der Waals surface area contributed by atoms with Crippen molar-refractivity contribution in [3.8, 4) is 28.3 Å². The minimum atomic E-state index is -3.11. The van der Waals surface area contributed by atoms with E-state index in [1.807, 2.05) is 32.8 Å². The van der Waals surface area contributed by atoms with Crippen molar-refractivity contribution < 1.29 is 27.4 Å². The minimum absolute atomic E-state index is 0.113. The van der Waals surface area contributed by atoms with Crippen LogP contribution in [0.1, 0.15) is 54.1 Å². The van der Waals surface area contributed by atoms with Crippen molar-refractivity contribution in [3.05, 3.63) is 65.5 Å². The number of imidazole rings is 1. The van der Waals surface area contributed by atoms with Crippen molar-refractivity contribution in [1.82, 2.24) is 19.4 Å². The van der Waals surface area contributed by atoms with E-state index in [2.05, 4.69) is 4.98 Å². The molecule has 10 heteroatoms. The zero-order valence-corrected chi connectivity index (χ0v) is 21.4. The monoisotopic (exact) mass is 524 g/mol. The smallest absolute Gasteiger partial charge is 0.387 e. The summed E-state index contributed by atoms with van der Waals surface area (Å²) in [5, 5.41) is 0. The fourth-order valence-corrected chi connectivity index (χ4v) is 5.02. The molecule has 38 heavy (non-hydrogen) atoms. The molecule has 5 rings (SSSR count). The van der Waals surface area contributed by atoms with Crippen LogP contribution in [0.3, 0.4) is 0 Å². The highest BCUT2D eigenvalue weighted by molar-refractivity contribution is 5.89. The zero-order valence-electron chi connectivity index (χ0n) is 21.4. The molecule has 0 N–H and O–H groups in total. The maximum atomic E-state index is 15.5. The number of pyridine rings is 1. The second-order valence-corrected chi connectivity index (χ2v) is 9.52. The third-order valence-electron chi connectivity index (χ3n) is 6.82. The molecule has 2 aromatic heterocycles. The van der Waals surface area contributed by atoms with E-state index in [4.69, 9.17) is 14.5 Å². The molecule has 0 amide bonds. The van der Waals surface area contributed by atoms with Crippen LogP contribution in [-0.2, 0) is 0 Å². The second-order valence-electron chi connectivity index (χ2n) is 9.52. The quantitative estimate of drug-likeness (QED) is 0.258. The van der Waals surface area contributed by atoms with Crippen LogP contribution >= 0.6 is 0 Å². The van der Waals surface area contributed by atoms with Crippen LogP contribution in [-0.4, -0.2) is 53.0 Å². The van der Waals surface area contributed by atoms with E-state index in [1.54, 1.807) is 22.9 Å². The first-order valence-corrected chi connectivity index (χ1v) is 12.3. The van der Waals surface area contributed by atoms with Gasteiger partial charge < -0.3 is 9.47 Å². The van der Waals surface area contributed by atoms with Gasteiger partial charge in [-0.2, -0.15) is 8.78 Å². The molecule has 2 unspecified atom stereocenters. The summed E-state index contributed by atoms with van der Waals surface area (Å²) in [6, 6.07) is 8.73. The average Bonchev–Trinajstić information content (AvgIpc) is 3.42. The van der Waals surface area contributed by atoms with E-state index in [-0.39, 0.29) is 34.5 Å². The lowest BCUT2D eigenvalue weighted by atomic mass is 10.0. The number of aldehydes is 1. The molecule has 1 aliphatic rings. The molecule has 0 saturated carbocycles. The Balaban J connectivity index is 1.82. The first kappa shape index (κ1) is 25.7. The predicted octanol–water partition coefficient (Wildman–Crippen LogP) is 6.15. The van der Waals surface area contributed by atoms with Crippen molar-refractivity contribution in [2.45, 2.75) is 38.8 Å². The SMILES string of the molecule is CCC(c1nc2cc(F)c(-c3cnc4c(c3)OCC4C)cc2n1-c1c(C=O)cccc1OC(F)F)N(C)C. The summed E-state index contributed by atoms with van der Waals surface area (Å²) in [5.41, 5.74) is 2.53. The number of benzene rings is 2. The highest BCUT2D eigenvalue weighted by atomic mass is 19.3. The van der Waals surface area contributed by atoms with Crippen LogP contribution in [0.2, 0.25) is 0 Å². The van der Waals surface area contributed by atoms with Gasteiger partial charge in [-0.05, 0) is 44.8 Å². The molecule has 0 spiro atoms. The Morgan fingerprint density at radius 1 is 1.26 bits per heavy atom. The fourth-order valence-electron chi connectivity index (χ4n) is 5.02. The van der Waals surface area contributed by atoms with E-state index in [1.165, 1.54) is 24.3 Å². The largest absolute Gasteiger partial charge is 0.491 e. The van der Waals surface area contributed by atoms with Crippen LogP contribution in [0, 0.1) is 5.82 Å². The summed E-state index contributed by atoms with van der Waals surface area (Å²) < 4.78 is 54.5. The lowest BCUT2D eigenvalue weighted by Gasteiger charge is -2.25. The van der Waals surface area contributed by atoms with Gasteiger partial charge in [-0.15, -0.1) is 0 Å². The molecule has 7 nitrogen and oxygen atoms in total. The van der Waals surface area contributed by atoms with Gasteiger partial charge in [0.05, 0.1) is 29.4 Å². The zero-order chi connectivity index (χ0) is 27.1. The molecule has 1 aliphatic heterocycles. The van der Waals surface area contributed by atoms with Crippen molar-refractivity contribution in [2.24, 2.45) is 0 Å². The average molecular weight is 525 g/mol. The lowest BCUT2D eigenvalue weighted by Crippen LogP contribution is -2.23. The molecular formula is C28H27F3N4O3. The van der Waals surface area contributed by atoms with Crippen molar-refractivity contribution in [2.75, 3.05) is 20.7 Å². The van der Waals surface area contributed by atoms with E-state index < -0.39 is 12.4 Å². The van der Waals surface area contributed by atoms with Gasteiger partial charge in [0, 0.05) is 34.9 Å². The molecular weight excluding hydrogens is 497 g/mol. The Morgan fingerprint density at radius 2 is 2.05 bits per heavy atom. The van der Waals surface area contributed by atoms with Gasteiger partial charge in [0.25, 0.3) is 0 Å². The number of hydrogen-bond acceptors (Lipinski definition) is 6. The molecule has 2 aromatic carbocycles. The van der Waals surface area contributed by atoms with Gasteiger partial charge >= 0.3 is 6.61 Å². The van der Waals surface area contributed by atoms with Gasteiger partial charge in [-0.3, -0.25) is 19.2 Å². The van der Waals surface area contributed by atoms with Crippen molar-refractivity contribution in [1.29, 1.82) is 0 Å². The third kappa shape index (κ3) is 4.38. The van der Waals surface area contributed by atoms with Gasteiger partial charge in [0.1, 0.15) is 23.1 Å². The minimum Gasteiger partial charge on any atom is -0.491 e. The molecule has 0 aliphatic carbocycles. The van der Waals surface area contributed by atoms with E-state index >= 15 is 4.39 Å². The van der Waals surface area contributed by atoms with Crippen molar-refractivity contribution in [3.63, 3.8) is 0 Å². The third-order valence-corrected chi connectivity index (χ3v) is 6.82. The number of fused-ring (bicyclic) bond motifs is 2. The molecule has 0 saturated heterocycles. The van der Waals surface area contributed by atoms with E-state index in [0.29, 0.717) is 47.5 Å². The Morgan fingerprint density at radius 3 is 2.74 bits per heavy atom. The fraction of sp³-hybridized carbons (Fsp3) is 0.321. The highest BCUT2D eigenvalue weighted by Crippen LogP contribution is 2.39. The van der Waals surface area contributed by atoms with E-state index in [0.717, 1.165) is 5.69 Å². The summed E-state index contributed by atoms with van der Waals surface area (Å²) in [5.74, 6) is 0.488. The number of hydrogen-bond donors (Lipinski definition) is 0. The van der Waals surface area contributed by atoms with Crippen molar-refractivity contribution >= 4 is 17.3 Å². The maximum absolute atomic E-state index is 15.5. The standard InChI is InChI=1S/C28H27F3N4O3/c1-5-21(34(3)4)27-33-20-11-19(29)18(17-9-24-25(32-12-17)15(2)14-37-24)10-22(20)35(27)26-16(13-36)7-6-8-23(26)38-28(30)31/h6-13,15,21,28H,5,14H2,1-4H3. The Labute approximate surface area is 217 Å². The Kier molecular flexibility index (Phi) is 6.83. The number of rotatable bonds is 8. The number of nitrogens with zero attached hydrogens (tertiary/aromatic N) is 4. The van der Waals surface area contributed by atoms with Crippen LogP contribution in [0.25, 0.3) is 27.8 Å². The van der Waals surface area contributed by atoms with Crippen LogP contribution < -0.4 is 9.47 Å². The molecule has 0 fully saturated rings. The molecule has 0 bridgehead atoms. The normalized spacial score (nSPS) is 15.7. The van der Waals surface area contributed by atoms with Gasteiger partial charge in [0.2, 0.25) is 0 Å². The van der Waals surface area contributed by atoms with Crippen LogP contribution in [0.5, 0.6) is 11.5 Å². The predicted molar refractivity (Wildman–Crippen MR) is 137 cm³/mol. The van der Waals surface area contributed by atoms with Gasteiger partial charge in [-0.25, -0.2) is 9.37 Å². The van der Waals surface area contributed by atoms with E-state index in [9.17, 15) is 13.6 Å². The Bertz CT molecular complexity index is 1520. The number of carbonyl (C=O) groups excluding carboxylic acids is 1. The van der Waals surface area contributed by atoms with Gasteiger partial charge in [0.15, 0.2) is 12.0 Å². The summed E-state index contributed by atoms with van der Waals surface area (Å²) >= 11 is 0. The highest BCUT2D eigenvalue weighted by Gasteiger charge is 2.28. The maximum Gasteiger partial charge on any atom is 0.387 e. The number of para-hydroxylation sites is 1. The Hall–Kier alpha value is -3.92. The summed E-state index contributed by atoms with van der Waals surface area (Å²) in [7, 11) is 3.73. The summed E-state index contributed by atoms with van der Waals surface area (Å²) in [4.78, 5) is 23.2. The lowest BCUT2D eigenvalue weighted by molar-refractivity contribution is -0.0498. The molecule has 0 radical (unpaired) electrons. The number of halogens is 3. The van der Waals surface area contributed by atoms with Crippen LogP contribution in [0.15, 0.2) is 42.6 Å². The molecule has 2 atom stereocenters. The first-order valence-electron chi connectivity index (χ1n) is 12.3. The number of aromatic nitrogens is 3. The molecule has 3 heterocycles. The summed E-state index contributed by atoms with van der Waals surface area (Å²) in [6.45, 7) is 1.35. The number of alkyl halides is 2. The first-order chi connectivity index (χ1) is 18.2. The van der Waals surface area contributed by atoms with Crippen LogP contribution in [0.4, 0.5) is 13.2 Å². The topological polar surface area (TPSA) is 69.5 Å². The molecule has 198 valence electrons. The number of ether oxygens (including phenoxy) is 2. The summed E-state index contributed by atoms with van der Waals surface area (Å²) in [6.07, 6.45) is 2.78. The second kappa shape index (κ2) is 10.1. The number of carbonyl (C=O) groups is 1.